The van der Waals surface area contributed by atoms with Crippen LogP contribution in [0.3, 0.4) is 0 Å². The molecule has 0 N–H and O–H groups in total. The molecule has 1 saturated heterocycles. The van der Waals surface area contributed by atoms with Crippen LogP contribution < -0.4 is 0 Å². The molecule has 1 aromatic rings. The Kier molecular flexibility index (Phi) is 5.36. The summed E-state index contributed by atoms with van der Waals surface area (Å²) >= 11 is 0. The topological polar surface area (TPSA) is 29.5 Å². The van der Waals surface area contributed by atoms with Gasteiger partial charge in [-0.15, -0.1) is 0 Å². The fourth-order valence-electron chi connectivity index (χ4n) is 2.61. The largest absolute Gasteiger partial charge is 0.463 e. The van der Waals surface area contributed by atoms with Gasteiger partial charge in [0, 0.05) is 18.7 Å². The molecular weight excluding hydrogens is 250 g/mol. The second-order valence-electron chi connectivity index (χ2n) is 5.25. The number of benzene rings is 1. The fraction of sp³-hybridized carbons (Fsp3) is 0.471. The van der Waals surface area contributed by atoms with Crippen molar-refractivity contribution in [3.8, 4) is 0 Å². The van der Waals surface area contributed by atoms with E-state index >= 15 is 0 Å². The molecule has 3 nitrogen and oxygen atoms in total. The fourth-order valence-corrected chi connectivity index (χ4v) is 2.61. The number of ether oxygens (including phenoxy) is 1. The molecule has 1 aliphatic rings. The van der Waals surface area contributed by atoms with Crippen LogP contribution in [0.2, 0.25) is 0 Å². The minimum absolute atomic E-state index is 0.163. The molecule has 0 bridgehead atoms. The monoisotopic (exact) mass is 273 g/mol. The van der Waals surface area contributed by atoms with E-state index in [-0.39, 0.29) is 5.97 Å². The summed E-state index contributed by atoms with van der Waals surface area (Å²) < 4.78 is 5.10. The number of likely N-dealkylation sites (tertiary alicyclic amines) is 1. The number of esters is 1. The first kappa shape index (κ1) is 14.8. The molecule has 0 atom stereocenters. The summed E-state index contributed by atoms with van der Waals surface area (Å²) in [6.45, 7) is 7.09. The molecule has 1 aromatic carbocycles. The second-order valence-corrected chi connectivity index (χ2v) is 5.25. The molecule has 1 fully saturated rings. The summed E-state index contributed by atoms with van der Waals surface area (Å²) in [7, 11) is 0. The third-order valence-electron chi connectivity index (χ3n) is 3.73. The molecule has 1 heterocycles. The van der Waals surface area contributed by atoms with Crippen LogP contribution in [0.5, 0.6) is 0 Å². The lowest BCUT2D eigenvalue weighted by molar-refractivity contribution is -0.138. The summed E-state index contributed by atoms with van der Waals surface area (Å²) in [4.78, 5) is 14.2. The van der Waals surface area contributed by atoms with Gasteiger partial charge in [-0.2, -0.15) is 0 Å². The van der Waals surface area contributed by atoms with E-state index in [9.17, 15) is 4.79 Å². The summed E-state index contributed by atoms with van der Waals surface area (Å²) in [5.41, 5.74) is 3.35. The molecular formula is C17H23NO2. The van der Waals surface area contributed by atoms with Gasteiger partial charge in [-0.05, 0) is 44.4 Å². The van der Waals surface area contributed by atoms with Crippen molar-refractivity contribution in [2.75, 3.05) is 19.7 Å². The highest BCUT2D eigenvalue weighted by Gasteiger charge is 2.19. The highest BCUT2D eigenvalue weighted by atomic mass is 16.5. The number of carbonyl (C=O) groups excluding carboxylic acids is 1. The van der Waals surface area contributed by atoms with Gasteiger partial charge in [0.25, 0.3) is 0 Å². The Morgan fingerprint density at radius 2 is 2.05 bits per heavy atom. The molecule has 0 aromatic heterocycles. The van der Waals surface area contributed by atoms with Crippen molar-refractivity contribution in [3.05, 3.63) is 47.0 Å². The van der Waals surface area contributed by atoms with E-state index < -0.39 is 0 Å². The highest BCUT2D eigenvalue weighted by Crippen LogP contribution is 2.21. The van der Waals surface area contributed by atoms with Gasteiger partial charge in [0.1, 0.15) is 0 Å². The molecule has 2 rings (SSSR count). The molecule has 108 valence electrons. The van der Waals surface area contributed by atoms with Crippen LogP contribution in [-0.2, 0) is 16.1 Å². The zero-order valence-electron chi connectivity index (χ0n) is 12.4. The van der Waals surface area contributed by atoms with E-state index in [0.29, 0.717) is 6.61 Å². The third kappa shape index (κ3) is 3.94. The standard InChI is InChI=1S/C17H23NO2/c1-3-20-17(19)14(2)16-10-7-11-18(13-16)12-15-8-5-4-6-9-15/h4-6,8-9H,3,7,10-13H2,1-2H3/b16-14-. The van der Waals surface area contributed by atoms with E-state index in [0.717, 1.165) is 38.0 Å². The molecule has 20 heavy (non-hydrogen) atoms. The van der Waals surface area contributed by atoms with Crippen molar-refractivity contribution in [2.24, 2.45) is 0 Å². The maximum atomic E-state index is 11.8. The van der Waals surface area contributed by atoms with E-state index in [2.05, 4.69) is 29.2 Å². The first-order valence-electron chi connectivity index (χ1n) is 7.32. The van der Waals surface area contributed by atoms with Crippen LogP contribution in [0.4, 0.5) is 0 Å². The zero-order valence-corrected chi connectivity index (χ0v) is 12.4. The lowest BCUT2D eigenvalue weighted by atomic mass is 9.99. The van der Waals surface area contributed by atoms with Gasteiger partial charge in [-0.3, -0.25) is 4.90 Å². The van der Waals surface area contributed by atoms with Crippen LogP contribution in [0.25, 0.3) is 0 Å². The predicted molar refractivity (Wildman–Crippen MR) is 80.3 cm³/mol. The Labute approximate surface area is 121 Å². The zero-order chi connectivity index (χ0) is 14.4. The van der Waals surface area contributed by atoms with Crippen molar-refractivity contribution < 1.29 is 9.53 Å². The summed E-state index contributed by atoms with van der Waals surface area (Å²) in [5.74, 6) is -0.163. The minimum Gasteiger partial charge on any atom is -0.463 e. The molecule has 3 heteroatoms. The Bertz CT molecular complexity index is 479. The maximum absolute atomic E-state index is 11.8. The SMILES string of the molecule is CCOC(=O)/C(C)=C1/CCCN(Cc2ccccc2)C1. The van der Waals surface area contributed by atoms with Crippen molar-refractivity contribution >= 4 is 5.97 Å². The molecule has 0 amide bonds. The normalized spacial score (nSPS) is 18.7. The van der Waals surface area contributed by atoms with Gasteiger partial charge in [0.05, 0.1) is 6.61 Å². The lowest BCUT2D eigenvalue weighted by Crippen LogP contribution is -2.32. The number of nitrogens with zero attached hydrogens (tertiary/aromatic N) is 1. The summed E-state index contributed by atoms with van der Waals surface area (Å²) in [6, 6.07) is 10.5. The first-order chi connectivity index (χ1) is 9.70. The van der Waals surface area contributed by atoms with Crippen molar-refractivity contribution in [2.45, 2.75) is 33.2 Å². The Balaban J connectivity index is 2.01. The lowest BCUT2D eigenvalue weighted by Gasteiger charge is -2.29. The number of hydrogen-bond acceptors (Lipinski definition) is 3. The van der Waals surface area contributed by atoms with Crippen LogP contribution >= 0.6 is 0 Å². The average molecular weight is 273 g/mol. The minimum atomic E-state index is -0.163. The number of hydrogen-bond donors (Lipinski definition) is 0. The van der Waals surface area contributed by atoms with Crippen molar-refractivity contribution in [1.29, 1.82) is 0 Å². The molecule has 0 saturated carbocycles. The summed E-state index contributed by atoms with van der Waals surface area (Å²) in [6.07, 6.45) is 2.12. The van der Waals surface area contributed by atoms with E-state index in [1.54, 1.807) is 0 Å². The quantitative estimate of drug-likeness (QED) is 0.623. The van der Waals surface area contributed by atoms with Gasteiger partial charge in [-0.1, -0.05) is 30.3 Å². The molecule has 0 spiro atoms. The molecule has 0 unspecified atom stereocenters. The Morgan fingerprint density at radius 1 is 1.30 bits per heavy atom. The van der Waals surface area contributed by atoms with Gasteiger partial charge in [-0.25, -0.2) is 4.79 Å². The number of rotatable bonds is 4. The van der Waals surface area contributed by atoms with E-state index in [1.165, 1.54) is 11.1 Å². The van der Waals surface area contributed by atoms with Crippen molar-refractivity contribution in [3.63, 3.8) is 0 Å². The number of carbonyl (C=O) groups is 1. The Hall–Kier alpha value is -1.61. The first-order valence-corrected chi connectivity index (χ1v) is 7.32. The van der Waals surface area contributed by atoms with E-state index in [4.69, 9.17) is 4.74 Å². The maximum Gasteiger partial charge on any atom is 0.333 e. The smallest absolute Gasteiger partial charge is 0.333 e. The Morgan fingerprint density at radius 3 is 2.75 bits per heavy atom. The molecule has 0 aliphatic carbocycles. The van der Waals surface area contributed by atoms with Gasteiger partial charge in [0.15, 0.2) is 0 Å². The summed E-state index contributed by atoms with van der Waals surface area (Å²) in [5, 5.41) is 0. The van der Waals surface area contributed by atoms with Crippen LogP contribution in [0, 0.1) is 0 Å². The second kappa shape index (κ2) is 7.25. The molecule has 0 radical (unpaired) electrons. The molecule has 1 aliphatic heterocycles. The van der Waals surface area contributed by atoms with Crippen LogP contribution in [-0.4, -0.2) is 30.6 Å². The third-order valence-corrected chi connectivity index (χ3v) is 3.73. The van der Waals surface area contributed by atoms with E-state index in [1.807, 2.05) is 19.9 Å². The highest BCUT2D eigenvalue weighted by molar-refractivity contribution is 5.88. The van der Waals surface area contributed by atoms with Crippen LogP contribution in [0.1, 0.15) is 32.3 Å². The van der Waals surface area contributed by atoms with Gasteiger partial charge >= 0.3 is 5.97 Å². The van der Waals surface area contributed by atoms with Crippen molar-refractivity contribution in [1.82, 2.24) is 4.90 Å². The van der Waals surface area contributed by atoms with Gasteiger partial charge < -0.3 is 4.74 Å². The van der Waals surface area contributed by atoms with Gasteiger partial charge in [0.2, 0.25) is 0 Å². The predicted octanol–water partition coefficient (Wildman–Crippen LogP) is 3.16. The van der Waals surface area contributed by atoms with Crippen LogP contribution in [0.15, 0.2) is 41.5 Å². The number of piperidine rings is 1. The average Bonchev–Trinajstić information content (AvgIpc) is 2.48.